The summed E-state index contributed by atoms with van der Waals surface area (Å²) in [5.74, 6) is 3.10. The quantitative estimate of drug-likeness (QED) is 0.379. The van der Waals surface area contributed by atoms with E-state index in [4.69, 9.17) is 4.99 Å². The monoisotopic (exact) mass is 523 g/mol. The molecular weight excluding hydrogens is 489 g/mol. The van der Waals surface area contributed by atoms with Gasteiger partial charge in [-0.05, 0) is 50.8 Å². The lowest BCUT2D eigenvalue weighted by Crippen LogP contribution is -2.52. The molecule has 0 unspecified atom stereocenters. The highest BCUT2D eigenvalue weighted by Gasteiger charge is 2.22. The summed E-state index contributed by atoms with van der Waals surface area (Å²) in [7, 11) is 0. The molecule has 2 aromatic rings. The number of rotatable bonds is 4. The Morgan fingerprint density at radius 1 is 1.07 bits per heavy atom. The number of piperazine rings is 1. The number of nitrogens with one attached hydrogen (secondary N) is 1. The van der Waals surface area contributed by atoms with E-state index in [0.29, 0.717) is 6.54 Å². The summed E-state index contributed by atoms with van der Waals surface area (Å²) in [6, 6.07) is 6.59. The molecule has 1 N–H and O–H groups in total. The number of aliphatic imine (C=N–C) groups is 1. The van der Waals surface area contributed by atoms with Crippen molar-refractivity contribution in [2.45, 2.75) is 53.1 Å². The molecule has 4 rings (SSSR count). The van der Waals surface area contributed by atoms with Crippen LogP contribution in [0.2, 0.25) is 0 Å². The maximum absolute atomic E-state index is 4.91. The molecule has 2 aliphatic rings. The minimum Gasteiger partial charge on any atom is -0.368 e. The van der Waals surface area contributed by atoms with Crippen LogP contribution >= 0.6 is 24.0 Å². The van der Waals surface area contributed by atoms with Crippen molar-refractivity contribution in [1.82, 2.24) is 25.0 Å². The lowest BCUT2D eigenvalue weighted by atomic mass is 10.1. The predicted octanol–water partition coefficient (Wildman–Crippen LogP) is 3.14. The average Bonchev–Trinajstić information content (AvgIpc) is 3.16. The van der Waals surface area contributed by atoms with E-state index in [9.17, 15) is 0 Å². The zero-order valence-corrected chi connectivity index (χ0v) is 20.7. The van der Waals surface area contributed by atoms with Gasteiger partial charge in [-0.15, -0.1) is 34.2 Å². The number of aryl methyl sites for hydroxylation is 2. The number of benzene rings is 1. The van der Waals surface area contributed by atoms with E-state index in [1.54, 1.807) is 0 Å². The third kappa shape index (κ3) is 4.90. The van der Waals surface area contributed by atoms with Crippen LogP contribution in [0.25, 0.3) is 0 Å². The van der Waals surface area contributed by atoms with Gasteiger partial charge in [0.2, 0.25) is 0 Å². The number of halogens is 1. The van der Waals surface area contributed by atoms with Gasteiger partial charge in [-0.3, -0.25) is 0 Å². The van der Waals surface area contributed by atoms with Gasteiger partial charge in [0.05, 0.1) is 0 Å². The molecule has 30 heavy (non-hydrogen) atoms. The van der Waals surface area contributed by atoms with E-state index in [1.165, 1.54) is 29.7 Å². The molecule has 1 aromatic carbocycles. The fourth-order valence-corrected chi connectivity index (χ4v) is 4.29. The average molecular weight is 523 g/mol. The van der Waals surface area contributed by atoms with Crippen LogP contribution in [0.5, 0.6) is 0 Å². The molecule has 7 nitrogen and oxygen atoms in total. The number of guanidine groups is 1. The smallest absolute Gasteiger partial charge is 0.194 e. The third-order valence-electron chi connectivity index (χ3n) is 6.14. The first kappa shape index (κ1) is 22.8. The van der Waals surface area contributed by atoms with Crippen LogP contribution < -0.4 is 10.2 Å². The lowest BCUT2D eigenvalue weighted by molar-refractivity contribution is 0.372. The Bertz CT molecular complexity index is 868. The van der Waals surface area contributed by atoms with E-state index >= 15 is 0 Å². The van der Waals surface area contributed by atoms with Crippen molar-refractivity contribution in [1.29, 1.82) is 0 Å². The molecule has 1 saturated heterocycles. The second-order valence-electron chi connectivity index (χ2n) is 8.00. The van der Waals surface area contributed by atoms with Crippen LogP contribution in [0, 0.1) is 13.8 Å². The fourth-order valence-electron chi connectivity index (χ4n) is 4.29. The largest absolute Gasteiger partial charge is 0.368 e. The summed E-state index contributed by atoms with van der Waals surface area (Å²) in [5.41, 5.74) is 4.11. The molecule has 0 radical (unpaired) electrons. The van der Waals surface area contributed by atoms with Gasteiger partial charge in [0.1, 0.15) is 12.4 Å². The highest BCUT2D eigenvalue weighted by atomic mass is 127. The highest BCUT2D eigenvalue weighted by Crippen LogP contribution is 2.24. The van der Waals surface area contributed by atoms with Crippen LogP contribution in [0.15, 0.2) is 23.2 Å². The SMILES string of the molecule is CCNC(=NCc1nnc2n1CCCC2)N1CCN(c2cccc(C)c2C)CC1.I. The first-order valence-electron chi connectivity index (χ1n) is 10.9. The van der Waals surface area contributed by atoms with Gasteiger partial charge in [-0.2, -0.15) is 0 Å². The lowest BCUT2D eigenvalue weighted by Gasteiger charge is -2.38. The van der Waals surface area contributed by atoms with Gasteiger partial charge >= 0.3 is 0 Å². The number of hydrogen-bond acceptors (Lipinski definition) is 4. The number of anilines is 1. The van der Waals surface area contributed by atoms with E-state index in [2.05, 4.69) is 68.9 Å². The number of aromatic nitrogens is 3. The zero-order valence-electron chi connectivity index (χ0n) is 18.4. The fraction of sp³-hybridized carbons (Fsp3) is 0.591. The Morgan fingerprint density at radius 2 is 1.87 bits per heavy atom. The van der Waals surface area contributed by atoms with Crippen molar-refractivity contribution in [3.63, 3.8) is 0 Å². The van der Waals surface area contributed by atoms with Crippen molar-refractivity contribution in [2.75, 3.05) is 37.6 Å². The molecule has 0 saturated carbocycles. The van der Waals surface area contributed by atoms with Crippen LogP contribution in [-0.2, 0) is 19.5 Å². The normalized spacial score (nSPS) is 16.8. The maximum atomic E-state index is 4.91. The van der Waals surface area contributed by atoms with E-state index < -0.39 is 0 Å². The molecule has 3 heterocycles. The molecule has 2 aliphatic heterocycles. The van der Waals surface area contributed by atoms with E-state index in [0.717, 1.165) is 63.3 Å². The van der Waals surface area contributed by atoms with Crippen LogP contribution in [0.4, 0.5) is 5.69 Å². The first-order chi connectivity index (χ1) is 14.2. The van der Waals surface area contributed by atoms with Crippen molar-refractivity contribution in [2.24, 2.45) is 4.99 Å². The van der Waals surface area contributed by atoms with Gasteiger partial charge in [0, 0.05) is 51.4 Å². The first-order valence-corrected chi connectivity index (χ1v) is 10.9. The van der Waals surface area contributed by atoms with Gasteiger partial charge < -0.3 is 19.7 Å². The summed E-state index contributed by atoms with van der Waals surface area (Å²) in [5, 5.41) is 12.2. The molecule has 0 amide bonds. The van der Waals surface area contributed by atoms with Crippen LogP contribution in [0.3, 0.4) is 0 Å². The second-order valence-corrected chi connectivity index (χ2v) is 8.00. The van der Waals surface area contributed by atoms with E-state index in [1.807, 2.05) is 0 Å². The molecule has 8 heteroatoms. The van der Waals surface area contributed by atoms with E-state index in [-0.39, 0.29) is 24.0 Å². The second kappa shape index (κ2) is 10.5. The van der Waals surface area contributed by atoms with Gasteiger partial charge in [-0.1, -0.05) is 12.1 Å². The van der Waals surface area contributed by atoms with Crippen LogP contribution in [0.1, 0.15) is 42.5 Å². The summed E-state index contributed by atoms with van der Waals surface area (Å²) in [6.07, 6.45) is 3.47. The summed E-state index contributed by atoms with van der Waals surface area (Å²) < 4.78 is 2.26. The topological polar surface area (TPSA) is 61.6 Å². The van der Waals surface area contributed by atoms with Gasteiger partial charge in [0.25, 0.3) is 0 Å². The number of nitrogens with zero attached hydrogens (tertiary/aromatic N) is 6. The standard InChI is InChI=1S/C22H33N7.HI/c1-4-23-22(24-16-21-26-25-20-10-5-6-11-29(20)21)28-14-12-27(13-15-28)19-9-7-8-17(2)18(19)3;/h7-9H,4-6,10-16H2,1-3H3,(H,23,24);1H. The molecule has 0 spiro atoms. The summed E-state index contributed by atoms with van der Waals surface area (Å²) in [4.78, 5) is 9.78. The van der Waals surface area contributed by atoms with Crippen LogP contribution in [-0.4, -0.2) is 58.3 Å². The molecular formula is C22H34IN7. The molecule has 164 valence electrons. The molecule has 0 atom stereocenters. The zero-order chi connectivity index (χ0) is 20.2. The van der Waals surface area contributed by atoms with Gasteiger partial charge in [-0.25, -0.2) is 4.99 Å². The molecule has 1 fully saturated rings. The summed E-state index contributed by atoms with van der Waals surface area (Å²) >= 11 is 0. The maximum Gasteiger partial charge on any atom is 0.194 e. The minimum atomic E-state index is 0. The Balaban J connectivity index is 0.00000256. The van der Waals surface area contributed by atoms with Gasteiger partial charge in [0.15, 0.2) is 11.8 Å². The van der Waals surface area contributed by atoms with Crippen molar-refractivity contribution in [3.8, 4) is 0 Å². The summed E-state index contributed by atoms with van der Waals surface area (Å²) in [6.45, 7) is 13.0. The predicted molar refractivity (Wildman–Crippen MR) is 133 cm³/mol. The Kier molecular flexibility index (Phi) is 7.96. The Hall–Kier alpha value is -1.84. The Labute approximate surface area is 197 Å². The highest BCUT2D eigenvalue weighted by molar-refractivity contribution is 14.0. The molecule has 0 bridgehead atoms. The minimum absolute atomic E-state index is 0. The third-order valence-corrected chi connectivity index (χ3v) is 6.14. The van der Waals surface area contributed by atoms with Crippen molar-refractivity contribution < 1.29 is 0 Å². The van der Waals surface area contributed by atoms with Crippen molar-refractivity contribution in [3.05, 3.63) is 41.0 Å². The number of hydrogen-bond donors (Lipinski definition) is 1. The van der Waals surface area contributed by atoms with Crippen molar-refractivity contribution >= 4 is 35.6 Å². The molecule has 1 aromatic heterocycles. The molecule has 0 aliphatic carbocycles. The Morgan fingerprint density at radius 3 is 2.63 bits per heavy atom. The number of fused-ring (bicyclic) bond motifs is 1.